The normalized spacial score (nSPS) is 22.5. The monoisotopic (exact) mass is 364 g/mol. The third kappa shape index (κ3) is 4.32. The first kappa shape index (κ1) is 18.6. The summed E-state index contributed by atoms with van der Waals surface area (Å²) < 4.78 is 16.3. The molecule has 1 saturated heterocycles. The molecule has 142 valence electrons. The van der Waals surface area contributed by atoms with E-state index in [4.69, 9.17) is 19.3 Å². The van der Waals surface area contributed by atoms with Crippen molar-refractivity contribution in [3.8, 4) is 5.75 Å². The molecule has 0 bridgehead atoms. The van der Waals surface area contributed by atoms with Crippen molar-refractivity contribution in [2.75, 3.05) is 44.5 Å². The van der Waals surface area contributed by atoms with Gasteiger partial charge in [0.2, 0.25) is 5.91 Å². The minimum absolute atomic E-state index is 0.0805. The second kappa shape index (κ2) is 8.48. The maximum atomic E-state index is 12.5. The summed E-state index contributed by atoms with van der Waals surface area (Å²) in [7, 11) is 0. The fourth-order valence-electron chi connectivity index (χ4n) is 3.13. The lowest BCUT2D eigenvalue weighted by atomic mass is 10.1. The number of amides is 2. The highest BCUT2D eigenvalue weighted by Gasteiger charge is 2.31. The number of aryl methyl sites for hydroxylation is 1. The number of ether oxygens (including phenoxy) is 3. The van der Waals surface area contributed by atoms with Crippen LogP contribution in [-0.2, 0) is 19.1 Å². The molecule has 0 unspecified atom stereocenters. The van der Waals surface area contributed by atoms with Gasteiger partial charge in [0.25, 0.3) is 5.91 Å². The van der Waals surface area contributed by atoms with Gasteiger partial charge in [-0.2, -0.15) is 0 Å². The first-order valence-corrected chi connectivity index (χ1v) is 8.72. The number of carbonyl (C=O) groups excluding carboxylic acids is 2. The Morgan fingerprint density at radius 1 is 1.46 bits per heavy atom. The van der Waals surface area contributed by atoms with Gasteiger partial charge in [0.05, 0.1) is 31.5 Å². The Morgan fingerprint density at radius 3 is 3.12 bits per heavy atom. The second-order valence-electron chi connectivity index (χ2n) is 6.41. The van der Waals surface area contributed by atoms with E-state index in [9.17, 15) is 9.59 Å². The van der Waals surface area contributed by atoms with Gasteiger partial charge in [0.1, 0.15) is 18.4 Å². The average molecular weight is 364 g/mol. The second-order valence-corrected chi connectivity index (χ2v) is 6.41. The zero-order valence-electron chi connectivity index (χ0n) is 14.8. The number of aliphatic hydroxyl groups excluding tert-OH is 1. The van der Waals surface area contributed by atoms with Crippen molar-refractivity contribution in [2.24, 2.45) is 0 Å². The Hall–Kier alpha value is -2.16. The first-order chi connectivity index (χ1) is 12.6. The van der Waals surface area contributed by atoms with Crippen molar-refractivity contribution in [2.45, 2.75) is 25.5 Å². The summed E-state index contributed by atoms with van der Waals surface area (Å²) in [6.45, 7) is 2.75. The molecule has 1 aromatic rings. The number of carbonyl (C=O) groups is 2. The fraction of sp³-hybridized carbons (Fsp3) is 0.556. The molecule has 8 nitrogen and oxygen atoms in total. The van der Waals surface area contributed by atoms with Crippen molar-refractivity contribution >= 4 is 17.5 Å². The molecular weight excluding hydrogens is 340 g/mol. The molecule has 2 amide bonds. The van der Waals surface area contributed by atoms with Crippen LogP contribution in [0, 0.1) is 6.92 Å². The van der Waals surface area contributed by atoms with Gasteiger partial charge in [-0.15, -0.1) is 0 Å². The molecule has 2 aliphatic heterocycles. The summed E-state index contributed by atoms with van der Waals surface area (Å²) >= 11 is 0. The number of anilines is 1. The molecule has 26 heavy (non-hydrogen) atoms. The summed E-state index contributed by atoms with van der Waals surface area (Å²) in [6, 6.07) is 5.33. The van der Waals surface area contributed by atoms with Crippen LogP contribution in [0.25, 0.3) is 0 Å². The van der Waals surface area contributed by atoms with Gasteiger partial charge >= 0.3 is 0 Å². The largest absolute Gasteiger partial charge is 0.482 e. The van der Waals surface area contributed by atoms with Gasteiger partial charge in [-0.05, 0) is 31.0 Å². The van der Waals surface area contributed by atoms with Crippen LogP contribution in [0.1, 0.15) is 12.0 Å². The summed E-state index contributed by atoms with van der Waals surface area (Å²) in [5.74, 6) is 0.0775. The number of benzene rings is 1. The molecule has 0 spiro atoms. The number of nitrogens with one attached hydrogen (secondary N) is 1. The van der Waals surface area contributed by atoms with E-state index in [0.29, 0.717) is 31.1 Å². The molecule has 1 fully saturated rings. The Kier molecular flexibility index (Phi) is 6.08. The minimum atomic E-state index is -0.310. The highest BCUT2D eigenvalue weighted by atomic mass is 16.5. The average Bonchev–Trinajstić information content (AvgIpc) is 2.63. The molecule has 2 heterocycles. The quantitative estimate of drug-likeness (QED) is 0.738. The number of aliphatic hydroxyl groups is 1. The molecule has 1 aromatic carbocycles. The summed E-state index contributed by atoms with van der Waals surface area (Å²) in [4.78, 5) is 26.2. The number of nitrogens with zero attached hydrogens (tertiary/aromatic N) is 1. The van der Waals surface area contributed by atoms with E-state index in [0.717, 1.165) is 5.56 Å². The van der Waals surface area contributed by atoms with Gasteiger partial charge in [-0.25, -0.2) is 0 Å². The van der Waals surface area contributed by atoms with E-state index >= 15 is 0 Å². The number of fused-ring (bicyclic) bond motifs is 1. The standard InChI is InChI=1S/C18H24N2O6/c1-12-2-3-15-14(8-12)20(18(23)11-26-15)9-17(22)19-13-4-6-24-10-16(13)25-7-5-21/h2-3,8,13,16,21H,4-7,9-11H2,1H3,(H,19,22)/t13-,16-/m1/s1. The van der Waals surface area contributed by atoms with Gasteiger partial charge in [-0.1, -0.05) is 6.07 Å². The topological polar surface area (TPSA) is 97.3 Å². The van der Waals surface area contributed by atoms with Crippen LogP contribution in [0.4, 0.5) is 5.69 Å². The highest BCUT2D eigenvalue weighted by Crippen LogP contribution is 2.32. The van der Waals surface area contributed by atoms with Crippen molar-refractivity contribution in [3.05, 3.63) is 23.8 Å². The molecule has 2 atom stereocenters. The molecule has 0 aliphatic carbocycles. The van der Waals surface area contributed by atoms with E-state index in [1.54, 1.807) is 6.07 Å². The number of rotatable bonds is 6. The smallest absolute Gasteiger partial charge is 0.265 e. The molecule has 2 aliphatic rings. The molecule has 0 saturated carbocycles. The third-order valence-electron chi connectivity index (χ3n) is 4.43. The van der Waals surface area contributed by atoms with Crippen LogP contribution >= 0.6 is 0 Å². The summed E-state index contributed by atoms with van der Waals surface area (Å²) in [5.41, 5.74) is 1.59. The lowest BCUT2D eigenvalue weighted by Gasteiger charge is -2.33. The van der Waals surface area contributed by atoms with Crippen molar-refractivity contribution in [1.82, 2.24) is 5.32 Å². The fourth-order valence-corrected chi connectivity index (χ4v) is 3.13. The lowest BCUT2D eigenvalue weighted by molar-refractivity contribution is -0.128. The van der Waals surface area contributed by atoms with Crippen LogP contribution in [0.2, 0.25) is 0 Å². The zero-order valence-corrected chi connectivity index (χ0v) is 14.8. The van der Waals surface area contributed by atoms with Gasteiger partial charge in [0.15, 0.2) is 6.61 Å². The zero-order chi connectivity index (χ0) is 18.5. The Labute approximate surface area is 152 Å². The van der Waals surface area contributed by atoms with E-state index in [-0.39, 0.29) is 50.3 Å². The maximum Gasteiger partial charge on any atom is 0.265 e. The minimum Gasteiger partial charge on any atom is -0.482 e. The SMILES string of the molecule is Cc1ccc2c(c1)N(CC(=O)N[C@@H]1CCOC[C@H]1OCCO)C(=O)CO2. The van der Waals surface area contributed by atoms with Crippen LogP contribution in [0.3, 0.4) is 0 Å². The highest BCUT2D eigenvalue weighted by molar-refractivity contribution is 6.02. The summed E-state index contributed by atoms with van der Waals surface area (Å²) in [6.07, 6.45) is 0.309. The van der Waals surface area contributed by atoms with Gasteiger partial charge in [0, 0.05) is 6.61 Å². The van der Waals surface area contributed by atoms with E-state index in [1.807, 2.05) is 19.1 Å². The maximum absolute atomic E-state index is 12.5. The molecule has 8 heteroatoms. The van der Waals surface area contributed by atoms with Crippen LogP contribution in [-0.4, -0.2) is 68.6 Å². The predicted molar refractivity (Wildman–Crippen MR) is 93.2 cm³/mol. The lowest BCUT2D eigenvalue weighted by Crippen LogP contribution is -2.53. The molecule has 0 aromatic heterocycles. The van der Waals surface area contributed by atoms with E-state index in [2.05, 4.69) is 5.32 Å². The number of hydrogen-bond acceptors (Lipinski definition) is 6. The molecule has 3 rings (SSSR count). The van der Waals surface area contributed by atoms with Gasteiger partial charge in [-0.3, -0.25) is 14.5 Å². The van der Waals surface area contributed by atoms with Crippen LogP contribution in [0.15, 0.2) is 18.2 Å². The van der Waals surface area contributed by atoms with Crippen molar-refractivity contribution in [3.63, 3.8) is 0 Å². The molecule has 2 N–H and O–H groups in total. The Morgan fingerprint density at radius 2 is 2.31 bits per heavy atom. The first-order valence-electron chi connectivity index (χ1n) is 8.72. The summed E-state index contributed by atoms with van der Waals surface area (Å²) in [5, 5.41) is 11.8. The van der Waals surface area contributed by atoms with Crippen LogP contribution < -0.4 is 15.0 Å². The van der Waals surface area contributed by atoms with E-state index < -0.39 is 0 Å². The molecular formula is C18H24N2O6. The third-order valence-corrected chi connectivity index (χ3v) is 4.43. The molecule has 0 radical (unpaired) electrons. The van der Waals surface area contributed by atoms with E-state index in [1.165, 1.54) is 4.90 Å². The van der Waals surface area contributed by atoms with Crippen molar-refractivity contribution < 1.29 is 28.9 Å². The predicted octanol–water partition coefficient (Wildman–Crippen LogP) is 0.00302. The van der Waals surface area contributed by atoms with Gasteiger partial charge < -0.3 is 24.6 Å². The van der Waals surface area contributed by atoms with Crippen molar-refractivity contribution in [1.29, 1.82) is 0 Å². The van der Waals surface area contributed by atoms with Crippen LogP contribution in [0.5, 0.6) is 5.75 Å². The Bertz CT molecular complexity index is 665. The number of hydrogen-bond donors (Lipinski definition) is 2. The Balaban J connectivity index is 1.66.